The van der Waals surface area contributed by atoms with Crippen molar-refractivity contribution >= 4 is 46.0 Å². The first-order chi connectivity index (χ1) is 11.6. The minimum absolute atomic E-state index is 0.0180. The number of H-pyrrole nitrogens is 1. The molecule has 1 aromatic carbocycles. The van der Waals surface area contributed by atoms with Gasteiger partial charge in [0.15, 0.2) is 0 Å². The van der Waals surface area contributed by atoms with Gasteiger partial charge in [-0.15, -0.1) is 11.8 Å². The lowest BCUT2D eigenvalue weighted by Gasteiger charge is -2.22. The third-order valence-corrected chi connectivity index (χ3v) is 5.56. The molecule has 0 fully saturated rings. The van der Waals surface area contributed by atoms with Crippen LogP contribution in [0.1, 0.15) is 28.4 Å². The van der Waals surface area contributed by atoms with Gasteiger partial charge in [-0.2, -0.15) is 0 Å². The van der Waals surface area contributed by atoms with Gasteiger partial charge in [-0.3, -0.25) is 4.79 Å². The summed E-state index contributed by atoms with van der Waals surface area (Å²) in [6.45, 7) is 0. The molecular weight excluding hydrogens is 344 g/mol. The van der Waals surface area contributed by atoms with Gasteiger partial charge >= 0.3 is 0 Å². The van der Waals surface area contributed by atoms with Crippen molar-refractivity contribution in [3.05, 3.63) is 52.8 Å². The number of thioether (sulfide) groups is 1. The fraction of sp³-hybridized carbons (Fsp3) is 0.176. The standard InChI is InChI=1S/C17H15ClN4OS/c18-12-7-11-13(19)3-6-24-15(11)8-10(12)17(23)22-14-2-5-21-16-9(14)1-4-20-16/h1-2,4-5,7-8,13H,3,6,19H2,(H2,20,21,22,23)/t13-/m0/s1. The zero-order chi connectivity index (χ0) is 16.7. The molecule has 0 saturated heterocycles. The maximum absolute atomic E-state index is 12.7. The number of halogens is 1. The predicted octanol–water partition coefficient (Wildman–Crippen LogP) is 3.96. The number of anilines is 1. The van der Waals surface area contributed by atoms with E-state index in [0.717, 1.165) is 33.7 Å². The second kappa shape index (κ2) is 6.12. The number of carbonyl (C=O) groups excluding carboxylic acids is 1. The van der Waals surface area contributed by atoms with E-state index in [2.05, 4.69) is 15.3 Å². The fourth-order valence-corrected chi connectivity index (χ4v) is 4.30. The number of amides is 1. The second-order valence-corrected chi connectivity index (χ2v) is 7.21. The lowest BCUT2D eigenvalue weighted by molar-refractivity contribution is 0.102. The van der Waals surface area contributed by atoms with Gasteiger partial charge in [0.1, 0.15) is 5.65 Å². The molecule has 1 aliphatic rings. The Kier molecular flexibility index (Phi) is 3.96. The van der Waals surface area contributed by atoms with E-state index in [0.29, 0.717) is 16.3 Å². The van der Waals surface area contributed by atoms with Crippen molar-refractivity contribution in [2.45, 2.75) is 17.4 Å². The molecule has 122 valence electrons. The van der Waals surface area contributed by atoms with Crippen LogP contribution < -0.4 is 11.1 Å². The number of rotatable bonds is 2. The molecule has 4 rings (SSSR count). The molecule has 0 saturated carbocycles. The van der Waals surface area contributed by atoms with E-state index < -0.39 is 0 Å². The number of hydrogen-bond acceptors (Lipinski definition) is 4. The van der Waals surface area contributed by atoms with E-state index in [-0.39, 0.29) is 11.9 Å². The number of nitrogens with two attached hydrogens (primary N) is 1. The van der Waals surface area contributed by atoms with Crippen LogP contribution in [0.5, 0.6) is 0 Å². The Hall–Kier alpha value is -2.02. The topological polar surface area (TPSA) is 83.8 Å². The Morgan fingerprint density at radius 1 is 1.42 bits per heavy atom. The molecule has 0 aliphatic carbocycles. The Balaban J connectivity index is 1.69. The van der Waals surface area contributed by atoms with Gasteiger partial charge < -0.3 is 16.0 Å². The molecular formula is C17H15ClN4OS. The summed E-state index contributed by atoms with van der Waals surface area (Å²) in [6, 6.07) is 7.29. The molecule has 0 spiro atoms. The van der Waals surface area contributed by atoms with E-state index >= 15 is 0 Å². The Morgan fingerprint density at radius 3 is 3.17 bits per heavy atom. The van der Waals surface area contributed by atoms with Crippen molar-refractivity contribution in [3.8, 4) is 0 Å². The van der Waals surface area contributed by atoms with Crippen LogP contribution in [0.3, 0.4) is 0 Å². The van der Waals surface area contributed by atoms with E-state index in [4.69, 9.17) is 17.3 Å². The number of hydrogen-bond donors (Lipinski definition) is 3. The Bertz CT molecular complexity index is 939. The normalized spacial score (nSPS) is 16.8. The third-order valence-electron chi connectivity index (χ3n) is 4.14. The van der Waals surface area contributed by atoms with Crippen LogP contribution in [-0.4, -0.2) is 21.6 Å². The highest BCUT2D eigenvalue weighted by Gasteiger charge is 2.22. The monoisotopic (exact) mass is 358 g/mol. The van der Waals surface area contributed by atoms with Crippen LogP contribution in [0, 0.1) is 0 Å². The minimum Gasteiger partial charge on any atom is -0.346 e. The van der Waals surface area contributed by atoms with Gasteiger partial charge in [0.2, 0.25) is 0 Å². The van der Waals surface area contributed by atoms with E-state index in [1.54, 1.807) is 30.2 Å². The number of carbonyl (C=O) groups is 1. The second-order valence-electron chi connectivity index (χ2n) is 5.67. The molecule has 5 nitrogen and oxygen atoms in total. The maximum atomic E-state index is 12.7. The molecule has 1 aliphatic heterocycles. The van der Waals surface area contributed by atoms with Gasteiger partial charge in [-0.1, -0.05) is 11.6 Å². The van der Waals surface area contributed by atoms with Crippen LogP contribution >= 0.6 is 23.4 Å². The summed E-state index contributed by atoms with van der Waals surface area (Å²) in [5.41, 5.74) is 9.03. The van der Waals surface area contributed by atoms with Crippen molar-refractivity contribution in [2.75, 3.05) is 11.1 Å². The molecule has 0 bridgehead atoms. The molecule has 2 aromatic heterocycles. The highest BCUT2D eigenvalue weighted by Crippen LogP contribution is 2.38. The number of nitrogens with one attached hydrogen (secondary N) is 2. The Morgan fingerprint density at radius 2 is 2.29 bits per heavy atom. The average molecular weight is 359 g/mol. The molecule has 7 heteroatoms. The molecule has 3 aromatic rings. The highest BCUT2D eigenvalue weighted by molar-refractivity contribution is 7.99. The van der Waals surface area contributed by atoms with Crippen LogP contribution in [0.4, 0.5) is 5.69 Å². The molecule has 0 unspecified atom stereocenters. The number of aromatic amines is 1. The summed E-state index contributed by atoms with van der Waals surface area (Å²) in [6.07, 6.45) is 4.36. The summed E-state index contributed by atoms with van der Waals surface area (Å²) < 4.78 is 0. The Labute approximate surface area is 148 Å². The predicted molar refractivity (Wildman–Crippen MR) is 97.8 cm³/mol. The summed E-state index contributed by atoms with van der Waals surface area (Å²) in [7, 11) is 0. The van der Waals surface area contributed by atoms with Crippen LogP contribution in [0.15, 0.2) is 41.6 Å². The SMILES string of the molecule is N[C@H]1CCSc2cc(C(=O)Nc3ccnc4[nH]ccc34)c(Cl)cc21. The number of fused-ring (bicyclic) bond motifs is 2. The first-order valence-corrected chi connectivity index (χ1v) is 8.95. The number of aromatic nitrogens is 2. The fourth-order valence-electron chi connectivity index (χ4n) is 2.87. The molecule has 24 heavy (non-hydrogen) atoms. The largest absolute Gasteiger partial charge is 0.346 e. The molecule has 3 heterocycles. The zero-order valence-electron chi connectivity index (χ0n) is 12.7. The summed E-state index contributed by atoms with van der Waals surface area (Å²) >= 11 is 8.05. The van der Waals surface area contributed by atoms with Crippen LogP contribution in [0.25, 0.3) is 11.0 Å². The van der Waals surface area contributed by atoms with E-state index in [1.807, 2.05) is 18.2 Å². The van der Waals surface area contributed by atoms with Crippen LogP contribution in [-0.2, 0) is 0 Å². The lowest BCUT2D eigenvalue weighted by atomic mass is 10.0. The first-order valence-electron chi connectivity index (χ1n) is 7.59. The molecule has 4 N–H and O–H groups in total. The van der Waals surface area contributed by atoms with Crippen molar-refractivity contribution < 1.29 is 4.79 Å². The number of nitrogens with zero attached hydrogens (tertiary/aromatic N) is 1. The van der Waals surface area contributed by atoms with Gasteiger partial charge in [0.05, 0.1) is 16.3 Å². The third kappa shape index (κ3) is 2.66. The number of benzene rings is 1. The van der Waals surface area contributed by atoms with Gasteiger partial charge in [-0.05, 0) is 42.0 Å². The summed E-state index contributed by atoms with van der Waals surface area (Å²) in [4.78, 5) is 21.0. The first kappa shape index (κ1) is 15.5. The van der Waals surface area contributed by atoms with Crippen molar-refractivity contribution in [1.29, 1.82) is 0 Å². The van der Waals surface area contributed by atoms with Crippen molar-refractivity contribution in [2.24, 2.45) is 5.73 Å². The van der Waals surface area contributed by atoms with E-state index in [9.17, 15) is 4.79 Å². The molecule has 1 amide bonds. The van der Waals surface area contributed by atoms with Crippen molar-refractivity contribution in [3.63, 3.8) is 0 Å². The number of pyridine rings is 1. The quantitative estimate of drug-likeness (QED) is 0.647. The summed E-state index contributed by atoms with van der Waals surface area (Å²) in [5.74, 6) is 0.710. The maximum Gasteiger partial charge on any atom is 0.257 e. The average Bonchev–Trinajstić information content (AvgIpc) is 3.05. The van der Waals surface area contributed by atoms with Gasteiger partial charge in [0, 0.05) is 28.7 Å². The highest BCUT2D eigenvalue weighted by atomic mass is 35.5. The van der Waals surface area contributed by atoms with E-state index in [1.165, 1.54) is 0 Å². The molecule has 1 atom stereocenters. The smallest absolute Gasteiger partial charge is 0.257 e. The van der Waals surface area contributed by atoms with Gasteiger partial charge in [0.25, 0.3) is 5.91 Å². The van der Waals surface area contributed by atoms with Crippen molar-refractivity contribution in [1.82, 2.24) is 9.97 Å². The zero-order valence-corrected chi connectivity index (χ0v) is 14.2. The molecule has 0 radical (unpaired) electrons. The van der Waals surface area contributed by atoms with Gasteiger partial charge in [-0.25, -0.2) is 4.98 Å². The minimum atomic E-state index is -0.240. The van der Waals surface area contributed by atoms with Crippen LogP contribution in [0.2, 0.25) is 5.02 Å². The lowest BCUT2D eigenvalue weighted by Crippen LogP contribution is -2.18. The summed E-state index contributed by atoms with van der Waals surface area (Å²) in [5, 5.41) is 4.20.